The molecule has 1 amide bonds. The van der Waals surface area contributed by atoms with Crippen LogP contribution in [0.3, 0.4) is 0 Å². The number of carbonyl (C=O) groups is 1. The zero-order chi connectivity index (χ0) is 28.1. The number of hydrogen-bond donors (Lipinski definition) is 2. The molecule has 1 saturated heterocycles. The van der Waals surface area contributed by atoms with Gasteiger partial charge >= 0.3 is 0 Å². The smallest absolute Gasteiger partial charge is 0.260 e. The van der Waals surface area contributed by atoms with Crippen molar-refractivity contribution in [3.05, 3.63) is 51.4 Å². The molecule has 0 aliphatic carbocycles. The molecule has 1 unspecified atom stereocenters. The lowest BCUT2D eigenvalue weighted by molar-refractivity contribution is -0.117. The van der Waals surface area contributed by atoms with Crippen LogP contribution in [0, 0.1) is 0 Å². The number of nitrogens with one attached hydrogen (secondary N) is 2. The van der Waals surface area contributed by atoms with Crippen LogP contribution in [-0.4, -0.2) is 71.8 Å². The minimum Gasteiger partial charge on any atom is -0.495 e. The Kier molecular flexibility index (Phi) is 9.32. The lowest BCUT2D eigenvalue weighted by atomic mass is 10.0. The molecule has 12 heteroatoms. The predicted octanol–water partition coefficient (Wildman–Crippen LogP) is 3.98. The third-order valence-electron chi connectivity index (χ3n) is 6.68. The van der Waals surface area contributed by atoms with Gasteiger partial charge in [-0.3, -0.25) is 19.1 Å². The summed E-state index contributed by atoms with van der Waals surface area (Å²) in [6.45, 7) is 8.57. The number of benzene rings is 1. The summed E-state index contributed by atoms with van der Waals surface area (Å²) < 4.78 is 12.5. The summed E-state index contributed by atoms with van der Waals surface area (Å²) in [4.78, 5) is 37.1. The van der Waals surface area contributed by atoms with E-state index in [0.29, 0.717) is 60.2 Å². The molecule has 1 fully saturated rings. The molecule has 3 heterocycles. The standard InChI is InChI=1S/C27H32Cl2N6O4/c1-5-21(36)32-17-8-7-9-34(15-17)10-11-35-25-16(14-31-27(33-25)30-6-2)12-18(26(35)37)22-23(28)19(38-3)13-20(39-4)24(22)29/h5,12-14,17H,1,6-11,15H2,2-4H3,(H,32,36)(H,30,31,33). The second-order valence-electron chi connectivity index (χ2n) is 9.15. The molecule has 0 bridgehead atoms. The summed E-state index contributed by atoms with van der Waals surface area (Å²) in [7, 11) is 2.97. The Labute approximate surface area is 236 Å². The van der Waals surface area contributed by atoms with Gasteiger partial charge in [0.2, 0.25) is 11.9 Å². The number of halogens is 2. The van der Waals surface area contributed by atoms with Gasteiger partial charge in [-0.25, -0.2) is 4.98 Å². The number of aromatic nitrogens is 3. The van der Waals surface area contributed by atoms with Crippen LogP contribution in [0.15, 0.2) is 35.8 Å². The highest BCUT2D eigenvalue weighted by Crippen LogP contribution is 2.45. The maximum Gasteiger partial charge on any atom is 0.260 e. The molecule has 0 saturated carbocycles. The highest BCUT2D eigenvalue weighted by atomic mass is 35.5. The lowest BCUT2D eigenvalue weighted by Gasteiger charge is -2.33. The van der Waals surface area contributed by atoms with E-state index in [-0.39, 0.29) is 33.1 Å². The van der Waals surface area contributed by atoms with E-state index in [2.05, 4.69) is 32.1 Å². The number of hydrogen-bond acceptors (Lipinski definition) is 8. The number of methoxy groups -OCH3 is 2. The van der Waals surface area contributed by atoms with E-state index in [4.69, 9.17) is 32.7 Å². The van der Waals surface area contributed by atoms with Gasteiger partial charge < -0.3 is 20.1 Å². The number of fused-ring (bicyclic) bond motifs is 1. The van der Waals surface area contributed by atoms with Crippen LogP contribution in [0.4, 0.5) is 5.95 Å². The SMILES string of the molecule is C=CC(=O)NC1CCCN(CCn2c(=O)c(-c3c(Cl)c(OC)cc(OC)c3Cl)cc3cnc(NCC)nc32)C1. The summed E-state index contributed by atoms with van der Waals surface area (Å²) in [6.07, 6.45) is 4.77. The largest absolute Gasteiger partial charge is 0.495 e. The van der Waals surface area contributed by atoms with Gasteiger partial charge in [0, 0.05) is 55.4 Å². The summed E-state index contributed by atoms with van der Waals surface area (Å²) in [6, 6.07) is 3.29. The molecule has 3 aromatic rings. The van der Waals surface area contributed by atoms with E-state index < -0.39 is 0 Å². The number of nitrogens with zero attached hydrogens (tertiary/aromatic N) is 4. The van der Waals surface area contributed by atoms with Crippen molar-refractivity contribution in [3.63, 3.8) is 0 Å². The van der Waals surface area contributed by atoms with E-state index in [9.17, 15) is 9.59 Å². The van der Waals surface area contributed by atoms with Gasteiger partial charge in [0.05, 0.1) is 29.8 Å². The van der Waals surface area contributed by atoms with Crippen molar-refractivity contribution in [2.45, 2.75) is 32.4 Å². The van der Waals surface area contributed by atoms with Crippen molar-refractivity contribution in [1.82, 2.24) is 24.8 Å². The second kappa shape index (κ2) is 12.7. The minimum absolute atomic E-state index is 0.0218. The molecule has 39 heavy (non-hydrogen) atoms. The molecule has 0 radical (unpaired) electrons. The Hall–Kier alpha value is -3.34. The van der Waals surface area contributed by atoms with Crippen molar-refractivity contribution in [2.24, 2.45) is 0 Å². The Balaban J connectivity index is 1.79. The number of likely N-dealkylation sites (tertiary alicyclic amines) is 1. The topological polar surface area (TPSA) is 111 Å². The van der Waals surface area contributed by atoms with Crippen LogP contribution in [0.5, 0.6) is 11.5 Å². The first-order chi connectivity index (χ1) is 18.8. The fraction of sp³-hybridized carbons (Fsp3) is 0.407. The van der Waals surface area contributed by atoms with Gasteiger partial charge in [0.25, 0.3) is 5.56 Å². The molecule has 2 aromatic heterocycles. The van der Waals surface area contributed by atoms with Gasteiger partial charge in [-0.2, -0.15) is 4.98 Å². The molecular weight excluding hydrogens is 543 g/mol. The van der Waals surface area contributed by atoms with Crippen molar-refractivity contribution in [2.75, 3.05) is 45.7 Å². The minimum atomic E-state index is -0.309. The molecule has 208 valence electrons. The number of piperidine rings is 1. The quantitative estimate of drug-likeness (QED) is 0.350. The molecule has 1 aliphatic rings. The average Bonchev–Trinajstić information content (AvgIpc) is 2.93. The molecule has 1 atom stereocenters. The van der Waals surface area contributed by atoms with Crippen LogP contribution in [-0.2, 0) is 11.3 Å². The third-order valence-corrected chi connectivity index (χ3v) is 7.43. The molecule has 0 spiro atoms. The Morgan fingerprint density at radius 2 is 1.92 bits per heavy atom. The first-order valence-corrected chi connectivity index (χ1v) is 13.5. The summed E-state index contributed by atoms with van der Waals surface area (Å²) in [5, 5.41) is 7.13. The van der Waals surface area contributed by atoms with Gasteiger partial charge in [-0.05, 0) is 38.5 Å². The van der Waals surface area contributed by atoms with Gasteiger partial charge in [-0.1, -0.05) is 29.8 Å². The molecule has 10 nitrogen and oxygen atoms in total. The number of rotatable bonds is 10. The maximum absolute atomic E-state index is 14.1. The second-order valence-corrected chi connectivity index (χ2v) is 9.91. The molecule has 2 N–H and O–H groups in total. The zero-order valence-electron chi connectivity index (χ0n) is 22.2. The van der Waals surface area contributed by atoms with Crippen molar-refractivity contribution >= 4 is 46.1 Å². The zero-order valence-corrected chi connectivity index (χ0v) is 23.7. The van der Waals surface area contributed by atoms with Gasteiger partial charge in [0.1, 0.15) is 17.1 Å². The number of amides is 1. The highest BCUT2D eigenvalue weighted by Gasteiger charge is 2.25. The number of carbonyl (C=O) groups excluding carboxylic acids is 1. The Morgan fingerprint density at radius 3 is 2.56 bits per heavy atom. The van der Waals surface area contributed by atoms with Crippen molar-refractivity contribution < 1.29 is 14.3 Å². The van der Waals surface area contributed by atoms with Gasteiger partial charge in [0.15, 0.2) is 0 Å². The first-order valence-electron chi connectivity index (χ1n) is 12.7. The van der Waals surface area contributed by atoms with Crippen LogP contribution in [0.2, 0.25) is 10.0 Å². The van der Waals surface area contributed by atoms with E-state index >= 15 is 0 Å². The monoisotopic (exact) mass is 574 g/mol. The summed E-state index contributed by atoms with van der Waals surface area (Å²) >= 11 is 13.4. The Morgan fingerprint density at radius 1 is 1.21 bits per heavy atom. The summed E-state index contributed by atoms with van der Waals surface area (Å²) in [5.74, 6) is 0.902. The van der Waals surface area contributed by atoms with E-state index in [1.165, 1.54) is 20.3 Å². The van der Waals surface area contributed by atoms with Crippen LogP contribution < -0.4 is 25.7 Å². The third kappa shape index (κ3) is 6.13. The maximum atomic E-state index is 14.1. The molecule has 4 rings (SSSR count). The Bertz CT molecular complexity index is 1420. The van der Waals surface area contributed by atoms with Gasteiger partial charge in [-0.15, -0.1) is 0 Å². The number of ether oxygens (including phenoxy) is 2. The molecule has 1 aromatic carbocycles. The van der Waals surface area contributed by atoms with Crippen molar-refractivity contribution in [3.8, 4) is 22.6 Å². The van der Waals surface area contributed by atoms with Crippen LogP contribution in [0.1, 0.15) is 19.8 Å². The predicted molar refractivity (Wildman–Crippen MR) is 154 cm³/mol. The molecular formula is C27H32Cl2N6O4. The average molecular weight is 575 g/mol. The lowest BCUT2D eigenvalue weighted by Crippen LogP contribution is -2.48. The summed E-state index contributed by atoms with van der Waals surface area (Å²) in [5.41, 5.74) is 0.780. The van der Waals surface area contributed by atoms with E-state index in [1.807, 2.05) is 6.92 Å². The molecule has 1 aliphatic heterocycles. The van der Waals surface area contributed by atoms with Crippen LogP contribution in [0.25, 0.3) is 22.2 Å². The normalized spacial score (nSPS) is 15.7. The van der Waals surface area contributed by atoms with Crippen LogP contribution >= 0.6 is 23.2 Å². The number of anilines is 1. The number of pyridine rings is 1. The highest BCUT2D eigenvalue weighted by molar-refractivity contribution is 6.41. The van der Waals surface area contributed by atoms with E-state index in [0.717, 1.165) is 19.4 Å². The van der Waals surface area contributed by atoms with Crippen molar-refractivity contribution in [1.29, 1.82) is 0 Å². The first kappa shape index (κ1) is 28.7. The fourth-order valence-electron chi connectivity index (χ4n) is 4.79. The fourth-order valence-corrected chi connectivity index (χ4v) is 5.49. The van der Waals surface area contributed by atoms with E-state index in [1.54, 1.807) is 22.9 Å².